The lowest BCUT2D eigenvalue weighted by Gasteiger charge is -2.14. The van der Waals surface area contributed by atoms with Gasteiger partial charge in [0.1, 0.15) is 11.5 Å². The van der Waals surface area contributed by atoms with Crippen molar-refractivity contribution < 1.29 is 14.2 Å². The van der Waals surface area contributed by atoms with Crippen LogP contribution in [0.15, 0.2) is 24.7 Å². The third-order valence-electron chi connectivity index (χ3n) is 2.50. The van der Waals surface area contributed by atoms with E-state index in [1.807, 2.05) is 12.1 Å². The molecule has 0 spiro atoms. The van der Waals surface area contributed by atoms with Crippen molar-refractivity contribution in [3.8, 4) is 22.9 Å². The number of hydrogen-bond donors (Lipinski definition) is 0. The zero-order valence-electron chi connectivity index (χ0n) is 10.3. The van der Waals surface area contributed by atoms with Crippen LogP contribution in [0.4, 0.5) is 0 Å². The lowest BCUT2D eigenvalue weighted by molar-refractivity contribution is 0.324. The third-order valence-corrected chi connectivity index (χ3v) is 2.69. The van der Waals surface area contributed by atoms with Gasteiger partial charge in [-0.3, -0.25) is 0 Å². The first-order valence-corrected chi connectivity index (χ1v) is 5.57. The van der Waals surface area contributed by atoms with Crippen LogP contribution in [0, 0.1) is 0 Å². The molecule has 0 radical (unpaired) electrons. The molecule has 96 valence electrons. The summed E-state index contributed by atoms with van der Waals surface area (Å²) >= 11 is 5.80. The van der Waals surface area contributed by atoms with Gasteiger partial charge >= 0.3 is 0 Å². The molecule has 0 aliphatic carbocycles. The van der Waals surface area contributed by atoms with Gasteiger partial charge in [-0.15, -0.1) is 0 Å². The molecule has 0 fully saturated rings. The van der Waals surface area contributed by atoms with Crippen LogP contribution in [-0.4, -0.2) is 30.9 Å². The van der Waals surface area contributed by atoms with Crippen molar-refractivity contribution in [2.24, 2.45) is 0 Å². The highest BCUT2D eigenvalue weighted by molar-refractivity contribution is 6.29. The van der Waals surface area contributed by atoms with E-state index in [0.717, 1.165) is 5.69 Å². The monoisotopic (exact) mass is 268 g/mol. The summed E-state index contributed by atoms with van der Waals surface area (Å²) in [5, 5.41) is 0.420. The number of hydrogen-bond acceptors (Lipinski definition) is 4. The fourth-order valence-electron chi connectivity index (χ4n) is 1.66. The molecule has 2 rings (SSSR count). The Morgan fingerprint density at radius 3 is 2.06 bits per heavy atom. The van der Waals surface area contributed by atoms with Crippen molar-refractivity contribution >= 4 is 11.6 Å². The molecule has 1 aromatic carbocycles. The minimum atomic E-state index is 0.420. The van der Waals surface area contributed by atoms with Gasteiger partial charge in [-0.1, -0.05) is 11.6 Å². The Morgan fingerprint density at radius 2 is 1.67 bits per heavy atom. The molecule has 0 aliphatic heterocycles. The molecule has 2 aromatic rings. The van der Waals surface area contributed by atoms with Crippen molar-refractivity contribution in [2.75, 3.05) is 21.3 Å². The number of rotatable bonds is 4. The predicted octanol–water partition coefficient (Wildman–Crippen LogP) is 2.55. The maximum atomic E-state index is 5.80. The quantitative estimate of drug-likeness (QED) is 0.855. The Morgan fingerprint density at radius 1 is 1.06 bits per heavy atom. The van der Waals surface area contributed by atoms with E-state index in [0.29, 0.717) is 22.4 Å². The minimum Gasteiger partial charge on any atom is -0.493 e. The molecule has 0 bridgehead atoms. The molecule has 5 nitrogen and oxygen atoms in total. The molecule has 0 saturated heterocycles. The summed E-state index contributed by atoms with van der Waals surface area (Å²) in [6.07, 6.45) is 3.31. The fourth-order valence-corrected chi connectivity index (χ4v) is 1.81. The predicted molar refractivity (Wildman–Crippen MR) is 68.2 cm³/mol. The molecule has 18 heavy (non-hydrogen) atoms. The number of ether oxygens (including phenoxy) is 3. The van der Waals surface area contributed by atoms with Gasteiger partial charge in [-0.2, -0.15) is 0 Å². The third kappa shape index (κ3) is 2.22. The summed E-state index contributed by atoms with van der Waals surface area (Å²) in [6, 6.07) is 3.64. The largest absolute Gasteiger partial charge is 0.493 e. The Hall–Kier alpha value is -1.88. The van der Waals surface area contributed by atoms with E-state index in [2.05, 4.69) is 4.98 Å². The van der Waals surface area contributed by atoms with Crippen LogP contribution < -0.4 is 14.2 Å². The fraction of sp³-hybridized carbons (Fsp3) is 0.250. The number of nitrogens with zero attached hydrogens (tertiary/aromatic N) is 2. The molecule has 0 amide bonds. The minimum absolute atomic E-state index is 0.420. The summed E-state index contributed by atoms with van der Waals surface area (Å²) in [6.45, 7) is 0. The highest BCUT2D eigenvalue weighted by Crippen LogP contribution is 2.39. The number of benzene rings is 1. The summed E-state index contributed by atoms with van der Waals surface area (Å²) < 4.78 is 17.6. The number of aromatic nitrogens is 2. The first-order chi connectivity index (χ1) is 8.69. The number of methoxy groups -OCH3 is 3. The average molecular weight is 269 g/mol. The summed E-state index contributed by atoms with van der Waals surface area (Å²) in [5.41, 5.74) is 0.823. The van der Waals surface area contributed by atoms with Crippen LogP contribution in [0.25, 0.3) is 5.69 Å². The Balaban J connectivity index is 2.56. The van der Waals surface area contributed by atoms with Gasteiger partial charge in [0.05, 0.1) is 27.0 Å². The summed E-state index contributed by atoms with van der Waals surface area (Å²) in [5.74, 6) is 1.71. The summed E-state index contributed by atoms with van der Waals surface area (Å²) in [4.78, 5) is 3.96. The molecule has 0 aliphatic rings. The maximum Gasteiger partial charge on any atom is 0.203 e. The smallest absolute Gasteiger partial charge is 0.203 e. The van der Waals surface area contributed by atoms with E-state index in [-0.39, 0.29) is 0 Å². The van der Waals surface area contributed by atoms with E-state index < -0.39 is 0 Å². The van der Waals surface area contributed by atoms with Gasteiger partial charge in [0.2, 0.25) is 5.75 Å². The molecule has 6 heteroatoms. The first kappa shape index (κ1) is 12.6. The number of halogens is 1. The Bertz CT molecular complexity index is 529. The Kier molecular flexibility index (Phi) is 3.62. The van der Waals surface area contributed by atoms with Crippen LogP contribution in [0.5, 0.6) is 17.2 Å². The van der Waals surface area contributed by atoms with E-state index in [1.165, 1.54) is 0 Å². The van der Waals surface area contributed by atoms with Crippen LogP contribution in [0.2, 0.25) is 5.15 Å². The van der Waals surface area contributed by atoms with Crippen LogP contribution in [0.1, 0.15) is 0 Å². The second-order valence-corrected chi connectivity index (χ2v) is 3.87. The highest BCUT2D eigenvalue weighted by atomic mass is 35.5. The van der Waals surface area contributed by atoms with E-state index in [9.17, 15) is 0 Å². The SMILES string of the molecule is COc1cc(-n2cnc(Cl)c2)cc(OC)c1OC. The normalized spacial score (nSPS) is 10.2. The first-order valence-electron chi connectivity index (χ1n) is 5.19. The molecule has 1 aromatic heterocycles. The molecule has 0 unspecified atom stereocenters. The topological polar surface area (TPSA) is 45.5 Å². The molecule has 0 N–H and O–H groups in total. The van der Waals surface area contributed by atoms with E-state index in [1.54, 1.807) is 38.4 Å². The molecule has 1 heterocycles. The second-order valence-electron chi connectivity index (χ2n) is 3.49. The van der Waals surface area contributed by atoms with Crippen LogP contribution in [0.3, 0.4) is 0 Å². The van der Waals surface area contributed by atoms with Gasteiger partial charge in [-0.25, -0.2) is 4.98 Å². The van der Waals surface area contributed by atoms with Crippen LogP contribution >= 0.6 is 11.6 Å². The van der Waals surface area contributed by atoms with Gasteiger partial charge in [0.15, 0.2) is 11.5 Å². The second kappa shape index (κ2) is 5.18. The van der Waals surface area contributed by atoms with Crippen molar-refractivity contribution in [1.29, 1.82) is 0 Å². The summed E-state index contributed by atoms with van der Waals surface area (Å²) in [7, 11) is 4.71. The Labute approximate surface area is 110 Å². The lowest BCUT2D eigenvalue weighted by Crippen LogP contribution is -1.98. The lowest BCUT2D eigenvalue weighted by atomic mass is 10.2. The highest BCUT2D eigenvalue weighted by Gasteiger charge is 2.14. The zero-order valence-corrected chi connectivity index (χ0v) is 11.1. The van der Waals surface area contributed by atoms with Crippen LogP contribution in [-0.2, 0) is 0 Å². The van der Waals surface area contributed by atoms with E-state index in [4.69, 9.17) is 25.8 Å². The van der Waals surface area contributed by atoms with Gasteiger partial charge < -0.3 is 18.8 Å². The standard InChI is InChI=1S/C12H13ClN2O3/c1-16-9-4-8(15-6-11(13)14-7-15)5-10(17-2)12(9)18-3/h4-7H,1-3H3. The maximum absolute atomic E-state index is 5.80. The van der Waals surface area contributed by atoms with Gasteiger partial charge in [-0.05, 0) is 0 Å². The zero-order chi connectivity index (χ0) is 13.1. The molecule has 0 saturated carbocycles. The van der Waals surface area contributed by atoms with Gasteiger partial charge in [0, 0.05) is 18.3 Å². The van der Waals surface area contributed by atoms with E-state index >= 15 is 0 Å². The molecule has 0 atom stereocenters. The average Bonchev–Trinajstić information content (AvgIpc) is 2.83. The van der Waals surface area contributed by atoms with Crippen molar-refractivity contribution in [3.63, 3.8) is 0 Å². The molecular weight excluding hydrogens is 256 g/mol. The van der Waals surface area contributed by atoms with Crippen molar-refractivity contribution in [1.82, 2.24) is 9.55 Å². The van der Waals surface area contributed by atoms with Crippen molar-refractivity contribution in [2.45, 2.75) is 0 Å². The van der Waals surface area contributed by atoms with Crippen molar-refractivity contribution in [3.05, 3.63) is 29.8 Å². The molecular formula is C12H13ClN2O3. The van der Waals surface area contributed by atoms with Gasteiger partial charge in [0.25, 0.3) is 0 Å². The number of imidazole rings is 1.